The zero-order valence-corrected chi connectivity index (χ0v) is 17.9. The van der Waals surface area contributed by atoms with E-state index in [-0.39, 0.29) is 16.4 Å². The molecule has 7 nitrogen and oxygen atoms in total. The van der Waals surface area contributed by atoms with Crippen LogP contribution in [0.4, 0.5) is 4.79 Å². The highest BCUT2D eigenvalue weighted by atomic mass is 32.2. The van der Waals surface area contributed by atoms with Crippen LogP contribution >= 0.6 is 0 Å². The second-order valence-electron chi connectivity index (χ2n) is 7.40. The predicted molar refractivity (Wildman–Crippen MR) is 105 cm³/mol. The van der Waals surface area contributed by atoms with Gasteiger partial charge in [-0.1, -0.05) is 20.8 Å². The summed E-state index contributed by atoms with van der Waals surface area (Å²) >= 11 is 0. The highest BCUT2D eigenvalue weighted by molar-refractivity contribution is 7.89. The van der Waals surface area contributed by atoms with E-state index < -0.39 is 16.1 Å². The van der Waals surface area contributed by atoms with Crippen molar-refractivity contribution in [3.63, 3.8) is 0 Å². The number of hydrogen-bond acceptors (Lipinski definition) is 5. The van der Waals surface area contributed by atoms with Gasteiger partial charge in [0.25, 0.3) is 0 Å². The summed E-state index contributed by atoms with van der Waals surface area (Å²) < 4.78 is 37.5. The lowest BCUT2D eigenvalue weighted by Crippen LogP contribution is -2.40. The number of benzene rings is 1. The molecule has 0 aromatic heterocycles. The summed E-state index contributed by atoms with van der Waals surface area (Å²) in [6.45, 7) is 10.5. The molecule has 0 aliphatic rings. The number of alkyl carbamates (subject to hydrolysis) is 1. The summed E-state index contributed by atoms with van der Waals surface area (Å²) in [4.78, 5) is 11.8. The van der Waals surface area contributed by atoms with Crippen molar-refractivity contribution >= 4 is 16.1 Å². The predicted octanol–water partition coefficient (Wildman–Crippen LogP) is 3.26. The molecule has 0 unspecified atom stereocenters. The van der Waals surface area contributed by atoms with Gasteiger partial charge in [-0.25, -0.2) is 13.2 Å². The molecule has 0 aliphatic heterocycles. The third-order valence-electron chi connectivity index (χ3n) is 4.07. The van der Waals surface area contributed by atoms with E-state index in [2.05, 4.69) is 5.32 Å². The summed E-state index contributed by atoms with van der Waals surface area (Å²) in [7, 11) is -2.06. The molecule has 1 rings (SSSR count). The summed E-state index contributed by atoms with van der Waals surface area (Å²) in [6.07, 6.45) is -0.0170. The molecule has 0 bridgehead atoms. The number of nitrogens with zero attached hydrogens (tertiary/aromatic N) is 1. The Kier molecular flexibility index (Phi) is 8.56. The molecule has 0 atom stereocenters. The highest BCUT2D eigenvalue weighted by Crippen LogP contribution is 2.26. The van der Waals surface area contributed by atoms with Crippen LogP contribution in [0.15, 0.2) is 29.2 Å². The van der Waals surface area contributed by atoms with E-state index in [9.17, 15) is 13.2 Å². The average molecular weight is 401 g/mol. The van der Waals surface area contributed by atoms with Crippen LogP contribution in [-0.4, -0.2) is 51.7 Å². The molecule has 1 N–H and O–H groups in total. The second-order valence-corrected chi connectivity index (χ2v) is 9.34. The molecular formula is C19H32N2O5S. The molecule has 0 saturated heterocycles. The van der Waals surface area contributed by atoms with Gasteiger partial charge in [0.15, 0.2) is 0 Å². The fourth-order valence-corrected chi connectivity index (χ4v) is 4.22. The molecule has 1 aromatic carbocycles. The van der Waals surface area contributed by atoms with Gasteiger partial charge < -0.3 is 14.8 Å². The van der Waals surface area contributed by atoms with Gasteiger partial charge in [0.05, 0.1) is 18.1 Å². The Morgan fingerprint density at radius 3 is 2.30 bits per heavy atom. The minimum Gasteiger partial charge on any atom is -0.497 e. The van der Waals surface area contributed by atoms with Crippen LogP contribution in [0.2, 0.25) is 0 Å². The molecule has 0 spiro atoms. The summed E-state index contributed by atoms with van der Waals surface area (Å²) in [5, 5.41) is 2.70. The smallest absolute Gasteiger partial charge is 0.407 e. The first-order valence-electron chi connectivity index (χ1n) is 9.10. The van der Waals surface area contributed by atoms with E-state index in [0.717, 1.165) is 0 Å². The highest BCUT2D eigenvalue weighted by Gasteiger charge is 2.29. The van der Waals surface area contributed by atoms with Crippen molar-refractivity contribution in [3.05, 3.63) is 24.3 Å². The van der Waals surface area contributed by atoms with Crippen molar-refractivity contribution in [2.24, 2.45) is 5.41 Å². The van der Waals surface area contributed by atoms with Crippen molar-refractivity contribution in [2.45, 2.75) is 52.0 Å². The van der Waals surface area contributed by atoms with Crippen LogP contribution in [0.3, 0.4) is 0 Å². The maximum atomic E-state index is 12.9. The van der Waals surface area contributed by atoms with Crippen LogP contribution in [0.25, 0.3) is 0 Å². The molecule has 8 heteroatoms. The molecule has 27 heavy (non-hydrogen) atoms. The molecule has 0 radical (unpaired) electrons. The third kappa shape index (κ3) is 7.38. The molecule has 0 fully saturated rings. The van der Waals surface area contributed by atoms with Crippen LogP contribution < -0.4 is 10.1 Å². The topological polar surface area (TPSA) is 84.9 Å². The Morgan fingerprint density at radius 2 is 1.81 bits per heavy atom. The Balaban J connectivity index is 2.74. The number of amides is 1. The number of carbonyl (C=O) groups excluding carboxylic acids is 1. The van der Waals surface area contributed by atoms with Crippen molar-refractivity contribution < 1.29 is 22.7 Å². The monoisotopic (exact) mass is 400 g/mol. The van der Waals surface area contributed by atoms with Crippen molar-refractivity contribution in [1.29, 1.82) is 0 Å². The van der Waals surface area contributed by atoms with Gasteiger partial charge in [0.2, 0.25) is 10.0 Å². The van der Waals surface area contributed by atoms with Gasteiger partial charge in [0, 0.05) is 19.6 Å². The maximum Gasteiger partial charge on any atom is 0.407 e. The first-order chi connectivity index (χ1) is 12.5. The Hall–Kier alpha value is -1.80. The van der Waals surface area contributed by atoms with Crippen LogP contribution in [0.5, 0.6) is 5.75 Å². The number of sulfonamides is 1. The number of carbonyl (C=O) groups is 1. The van der Waals surface area contributed by atoms with Crippen LogP contribution in [-0.2, 0) is 14.8 Å². The van der Waals surface area contributed by atoms with Crippen molar-refractivity contribution in [3.8, 4) is 5.75 Å². The maximum absolute atomic E-state index is 12.9. The van der Waals surface area contributed by atoms with Crippen molar-refractivity contribution in [2.75, 3.05) is 26.7 Å². The van der Waals surface area contributed by atoms with Gasteiger partial charge in [-0.3, -0.25) is 0 Å². The standard InChI is InChI=1S/C19H32N2O5S/c1-7-21(27(23,24)17-10-8-16(25-6)9-11-17)14-19(4,5)12-13-20-18(22)26-15(2)3/h8-11,15H,7,12-14H2,1-6H3,(H,20,22). The molecule has 0 saturated carbocycles. The molecule has 0 heterocycles. The number of nitrogens with one attached hydrogen (secondary N) is 1. The van der Waals surface area contributed by atoms with E-state index in [1.165, 1.54) is 11.4 Å². The SMILES string of the molecule is CCN(CC(C)(C)CCNC(=O)OC(C)C)S(=O)(=O)c1ccc(OC)cc1. The number of ether oxygens (including phenoxy) is 2. The molecular weight excluding hydrogens is 368 g/mol. The minimum atomic E-state index is -3.60. The van der Waals surface area contributed by atoms with Gasteiger partial charge in [-0.05, 0) is 49.9 Å². The first-order valence-corrected chi connectivity index (χ1v) is 10.5. The second kappa shape index (κ2) is 9.94. The fourth-order valence-electron chi connectivity index (χ4n) is 2.58. The Bertz CT molecular complexity index is 699. The quantitative estimate of drug-likeness (QED) is 0.652. The molecule has 1 amide bonds. The zero-order chi connectivity index (χ0) is 20.7. The Morgan fingerprint density at radius 1 is 1.22 bits per heavy atom. The first kappa shape index (κ1) is 23.2. The van der Waals surface area contributed by atoms with E-state index in [1.54, 1.807) is 38.1 Å². The minimum absolute atomic E-state index is 0.178. The lowest BCUT2D eigenvalue weighted by Gasteiger charge is -2.31. The zero-order valence-electron chi connectivity index (χ0n) is 17.1. The van der Waals surface area contributed by atoms with Crippen LogP contribution in [0, 0.1) is 5.41 Å². The normalized spacial score (nSPS) is 12.3. The number of rotatable bonds is 10. The third-order valence-corrected chi connectivity index (χ3v) is 6.00. The van der Waals surface area contributed by atoms with Gasteiger partial charge in [0.1, 0.15) is 5.75 Å². The average Bonchev–Trinajstić information content (AvgIpc) is 2.58. The van der Waals surface area contributed by atoms with E-state index in [0.29, 0.717) is 31.8 Å². The van der Waals surface area contributed by atoms with E-state index >= 15 is 0 Å². The van der Waals surface area contributed by atoms with Crippen molar-refractivity contribution in [1.82, 2.24) is 9.62 Å². The lowest BCUT2D eigenvalue weighted by molar-refractivity contribution is 0.114. The number of methoxy groups -OCH3 is 1. The number of hydrogen-bond donors (Lipinski definition) is 1. The van der Waals surface area contributed by atoms with E-state index in [1.807, 2.05) is 20.8 Å². The van der Waals surface area contributed by atoms with Gasteiger partial charge in [-0.2, -0.15) is 4.31 Å². The summed E-state index contributed by atoms with van der Waals surface area (Å²) in [5.41, 5.74) is -0.319. The largest absolute Gasteiger partial charge is 0.497 e. The fraction of sp³-hybridized carbons (Fsp3) is 0.632. The molecule has 0 aliphatic carbocycles. The van der Waals surface area contributed by atoms with E-state index in [4.69, 9.17) is 9.47 Å². The summed E-state index contributed by atoms with van der Waals surface area (Å²) in [5.74, 6) is 0.608. The van der Waals surface area contributed by atoms with Crippen LogP contribution in [0.1, 0.15) is 41.0 Å². The molecule has 1 aromatic rings. The lowest BCUT2D eigenvalue weighted by atomic mass is 9.89. The summed E-state index contributed by atoms with van der Waals surface area (Å²) in [6, 6.07) is 6.37. The Labute approximate surface area is 163 Å². The van der Waals surface area contributed by atoms with Gasteiger partial charge >= 0.3 is 6.09 Å². The molecule has 154 valence electrons. The van der Waals surface area contributed by atoms with Gasteiger partial charge in [-0.15, -0.1) is 0 Å².